The van der Waals surface area contributed by atoms with Gasteiger partial charge in [-0.3, -0.25) is 9.69 Å². The van der Waals surface area contributed by atoms with Crippen molar-refractivity contribution in [3.8, 4) is 0 Å². The predicted octanol–water partition coefficient (Wildman–Crippen LogP) is 2.60. The molecule has 1 aromatic carbocycles. The van der Waals surface area contributed by atoms with Crippen LogP contribution in [0.25, 0.3) is 0 Å². The lowest BCUT2D eigenvalue weighted by atomic mass is 10.0. The molecule has 0 atom stereocenters. The number of furan rings is 1. The van der Waals surface area contributed by atoms with E-state index in [9.17, 15) is 14.7 Å². The van der Waals surface area contributed by atoms with Crippen LogP contribution in [0.1, 0.15) is 44.9 Å². The van der Waals surface area contributed by atoms with Crippen molar-refractivity contribution in [2.75, 3.05) is 13.1 Å². The summed E-state index contributed by atoms with van der Waals surface area (Å²) in [7, 11) is 0. The van der Waals surface area contributed by atoms with Gasteiger partial charge in [0, 0.05) is 25.7 Å². The predicted molar refractivity (Wildman–Crippen MR) is 90.3 cm³/mol. The van der Waals surface area contributed by atoms with Crippen molar-refractivity contribution in [3.05, 3.63) is 59.0 Å². The zero-order valence-corrected chi connectivity index (χ0v) is 13.9. The number of piperidine rings is 1. The van der Waals surface area contributed by atoms with Gasteiger partial charge in [0.25, 0.3) is 5.91 Å². The molecule has 4 rings (SSSR count). The summed E-state index contributed by atoms with van der Waals surface area (Å²) in [6.07, 6.45) is 3.47. The van der Waals surface area contributed by atoms with Crippen molar-refractivity contribution in [1.82, 2.24) is 9.80 Å². The zero-order valence-electron chi connectivity index (χ0n) is 13.9. The molecule has 0 aliphatic carbocycles. The van der Waals surface area contributed by atoms with E-state index < -0.39 is 5.97 Å². The molecule has 25 heavy (non-hydrogen) atoms. The van der Waals surface area contributed by atoms with Crippen molar-refractivity contribution < 1.29 is 19.1 Å². The van der Waals surface area contributed by atoms with E-state index in [2.05, 4.69) is 4.90 Å². The molecule has 0 unspecified atom stereocenters. The van der Waals surface area contributed by atoms with Crippen LogP contribution in [0.3, 0.4) is 0 Å². The van der Waals surface area contributed by atoms with Crippen LogP contribution in [-0.2, 0) is 13.1 Å². The number of rotatable bonds is 4. The summed E-state index contributed by atoms with van der Waals surface area (Å²) in [6.45, 7) is 3.10. The summed E-state index contributed by atoms with van der Waals surface area (Å²) in [5.74, 6) is -0.230. The Kier molecular flexibility index (Phi) is 4.05. The van der Waals surface area contributed by atoms with Crippen LogP contribution in [0.5, 0.6) is 0 Å². The minimum atomic E-state index is -1.04. The van der Waals surface area contributed by atoms with Crippen LogP contribution in [0.4, 0.5) is 0 Å². The van der Waals surface area contributed by atoms with E-state index in [0.29, 0.717) is 12.1 Å². The Morgan fingerprint density at radius 2 is 2.00 bits per heavy atom. The van der Waals surface area contributed by atoms with Crippen LogP contribution >= 0.6 is 0 Å². The summed E-state index contributed by atoms with van der Waals surface area (Å²) < 4.78 is 5.40. The first-order valence-corrected chi connectivity index (χ1v) is 8.54. The molecule has 1 amide bonds. The minimum absolute atomic E-state index is 0.111. The third-order valence-corrected chi connectivity index (χ3v) is 5.15. The molecule has 3 heterocycles. The van der Waals surface area contributed by atoms with Gasteiger partial charge in [0.05, 0.1) is 23.9 Å². The third kappa shape index (κ3) is 2.93. The molecule has 1 N–H and O–H groups in total. The standard InChI is InChI=1S/C19H20N2O4/c22-18-17-13(3-1-5-16(17)19(23)24)11-21(18)14-6-8-20(9-7-14)12-15-4-2-10-25-15/h1-5,10,14H,6-9,11-12H2,(H,23,24). The number of carboxylic acids is 1. The fraction of sp³-hybridized carbons (Fsp3) is 0.368. The van der Waals surface area contributed by atoms with Gasteiger partial charge >= 0.3 is 5.97 Å². The van der Waals surface area contributed by atoms with E-state index in [1.807, 2.05) is 23.1 Å². The average Bonchev–Trinajstić information content (AvgIpc) is 3.24. The van der Waals surface area contributed by atoms with Gasteiger partial charge in [0.2, 0.25) is 0 Å². The molecule has 2 aliphatic rings. The summed E-state index contributed by atoms with van der Waals surface area (Å²) in [5.41, 5.74) is 1.30. The third-order valence-electron chi connectivity index (χ3n) is 5.15. The monoisotopic (exact) mass is 340 g/mol. The Morgan fingerprint density at radius 3 is 2.68 bits per heavy atom. The van der Waals surface area contributed by atoms with Crippen molar-refractivity contribution in [2.24, 2.45) is 0 Å². The van der Waals surface area contributed by atoms with E-state index in [4.69, 9.17) is 4.42 Å². The van der Waals surface area contributed by atoms with E-state index in [1.54, 1.807) is 12.3 Å². The molecule has 2 aromatic rings. The first-order chi connectivity index (χ1) is 12.1. The molecule has 0 spiro atoms. The molecule has 6 nitrogen and oxygen atoms in total. The Labute approximate surface area is 145 Å². The molecular formula is C19H20N2O4. The molecule has 1 saturated heterocycles. The molecule has 0 saturated carbocycles. The number of likely N-dealkylation sites (tertiary alicyclic amines) is 1. The lowest BCUT2D eigenvalue weighted by Crippen LogP contribution is -2.44. The van der Waals surface area contributed by atoms with Crippen LogP contribution < -0.4 is 0 Å². The first-order valence-electron chi connectivity index (χ1n) is 8.54. The van der Waals surface area contributed by atoms with Gasteiger partial charge in [-0.2, -0.15) is 0 Å². The molecular weight excluding hydrogens is 320 g/mol. The highest BCUT2D eigenvalue weighted by molar-refractivity contribution is 6.07. The first kappa shape index (κ1) is 15.9. The molecule has 2 aliphatic heterocycles. The fourth-order valence-electron chi connectivity index (χ4n) is 3.87. The Hall–Kier alpha value is -2.60. The molecule has 1 fully saturated rings. The minimum Gasteiger partial charge on any atom is -0.478 e. The number of aromatic carboxylic acids is 1. The van der Waals surface area contributed by atoms with Crippen LogP contribution in [-0.4, -0.2) is 45.9 Å². The smallest absolute Gasteiger partial charge is 0.336 e. The normalized spacial score (nSPS) is 18.6. The Bertz CT molecular complexity index is 792. The van der Waals surface area contributed by atoms with Gasteiger partial charge in [-0.1, -0.05) is 12.1 Å². The molecule has 0 bridgehead atoms. The maximum absolute atomic E-state index is 12.8. The van der Waals surface area contributed by atoms with Crippen LogP contribution in [0.15, 0.2) is 41.0 Å². The Balaban J connectivity index is 1.43. The highest BCUT2D eigenvalue weighted by atomic mass is 16.4. The van der Waals surface area contributed by atoms with Gasteiger partial charge < -0.3 is 14.4 Å². The van der Waals surface area contributed by atoms with Crippen molar-refractivity contribution in [3.63, 3.8) is 0 Å². The molecule has 130 valence electrons. The Morgan fingerprint density at radius 1 is 1.20 bits per heavy atom. The number of carboxylic acid groups (broad SMARTS) is 1. The maximum Gasteiger partial charge on any atom is 0.336 e. The number of benzene rings is 1. The van der Waals surface area contributed by atoms with Crippen molar-refractivity contribution >= 4 is 11.9 Å². The van der Waals surface area contributed by atoms with E-state index in [1.165, 1.54) is 6.07 Å². The van der Waals surface area contributed by atoms with Gasteiger partial charge in [-0.15, -0.1) is 0 Å². The van der Waals surface area contributed by atoms with Crippen molar-refractivity contribution in [1.29, 1.82) is 0 Å². The second-order valence-electron chi connectivity index (χ2n) is 6.66. The van der Waals surface area contributed by atoms with E-state index >= 15 is 0 Å². The highest BCUT2D eigenvalue weighted by Crippen LogP contribution is 2.31. The number of fused-ring (bicyclic) bond motifs is 1. The van der Waals surface area contributed by atoms with Crippen LogP contribution in [0, 0.1) is 0 Å². The molecule has 1 aromatic heterocycles. The quantitative estimate of drug-likeness (QED) is 0.926. The van der Waals surface area contributed by atoms with E-state index in [-0.39, 0.29) is 17.5 Å². The van der Waals surface area contributed by atoms with Gasteiger partial charge in [0.15, 0.2) is 0 Å². The lowest BCUT2D eigenvalue weighted by molar-refractivity contribution is 0.0574. The molecule has 6 heteroatoms. The number of carbonyl (C=O) groups excluding carboxylic acids is 1. The van der Waals surface area contributed by atoms with Crippen molar-refractivity contribution in [2.45, 2.75) is 32.0 Å². The largest absolute Gasteiger partial charge is 0.478 e. The number of amides is 1. The van der Waals surface area contributed by atoms with Crippen LogP contribution in [0.2, 0.25) is 0 Å². The maximum atomic E-state index is 12.8. The van der Waals surface area contributed by atoms with Gasteiger partial charge in [-0.25, -0.2) is 4.79 Å². The summed E-state index contributed by atoms with van der Waals surface area (Å²) in [4.78, 5) is 28.4. The lowest BCUT2D eigenvalue weighted by Gasteiger charge is -2.36. The molecule has 0 radical (unpaired) electrons. The zero-order chi connectivity index (χ0) is 17.4. The second-order valence-corrected chi connectivity index (χ2v) is 6.66. The van der Waals surface area contributed by atoms with Gasteiger partial charge in [0.1, 0.15) is 5.76 Å². The number of hydrogen-bond donors (Lipinski definition) is 1. The summed E-state index contributed by atoms with van der Waals surface area (Å²) >= 11 is 0. The number of carbonyl (C=O) groups is 2. The van der Waals surface area contributed by atoms with Gasteiger partial charge in [-0.05, 0) is 36.6 Å². The second kappa shape index (κ2) is 6.37. The topological polar surface area (TPSA) is 74.0 Å². The highest BCUT2D eigenvalue weighted by Gasteiger charge is 2.36. The average molecular weight is 340 g/mol. The van der Waals surface area contributed by atoms with E-state index in [0.717, 1.165) is 43.8 Å². The number of hydrogen-bond acceptors (Lipinski definition) is 4. The fourth-order valence-corrected chi connectivity index (χ4v) is 3.87. The number of nitrogens with zero attached hydrogens (tertiary/aromatic N) is 2. The SMILES string of the molecule is O=C(O)c1cccc2c1C(=O)N(C1CCN(Cc3ccco3)CC1)C2. The summed E-state index contributed by atoms with van der Waals surface area (Å²) in [6, 6.07) is 9.10. The summed E-state index contributed by atoms with van der Waals surface area (Å²) in [5, 5.41) is 9.33.